The van der Waals surface area contributed by atoms with Crippen LogP contribution >= 0.6 is 28.1 Å². The van der Waals surface area contributed by atoms with Crippen LogP contribution in [0.1, 0.15) is 27.7 Å². The maximum Gasteiger partial charge on any atom is 0.404 e. The van der Waals surface area contributed by atoms with Gasteiger partial charge in [-0.2, -0.15) is 0 Å². The van der Waals surface area contributed by atoms with E-state index in [1.54, 1.807) is 27.7 Å². The van der Waals surface area contributed by atoms with Gasteiger partial charge in [0.2, 0.25) is 0 Å². The fraction of sp³-hybridized carbons (Fsp3) is 1.00. The topological polar surface area (TPSA) is 35.5 Å². The fourth-order valence-corrected chi connectivity index (χ4v) is 3.53. The Morgan fingerprint density at radius 1 is 1.17 bits per heavy atom. The second kappa shape index (κ2) is 5.51. The van der Waals surface area contributed by atoms with E-state index in [1.807, 2.05) is 0 Å². The summed E-state index contributed by atoms with van der Waals surface area (Å²) < 4.78 is 21.7. The third-order valence-corrected chi connectivity index (χ3v) is 4.84. The minimum atomic E-state index is -3.13. The van der Waals surface area contributed by atoms with Crippen LogP contribution in [-0.2, 0) is 13.6 Å². The van der Waals surface area contributed by atoms with Crippen LogP contribution in [0.5, 0.6) is 0 Å². The summed E-state index contributed by atoms with van der Waals surface area (Å²) in [7, 11) is 6.01. The Bertz CT molecular complexity index is 160. The number of hydrogen-bond acceptors (Lipinski definition) is 4. The van der Waals surface area contributed by atoms with Gasteiger partial charge < -0.3 is 0 Å². The fourth-order valence-electron chi connectivity index (χ4n) is 0.574. The van der Waals surface area contributed by atoms with E-state index in [0.29, 0.717) is 10.6 Å². The molecule has 0 unspecified atom stereocenters. The zero-order valence-electron chi connectivity index (χ0n) is 7.61. The Morgan fingerprint density at radius 2 is 1.50 bits per heavy atom. The lowest BCUT2D eigenvalue weighted by atomic mass is 10.5. The van der Waals surface area contributed by atoms with Crippen molar-refractivity contribution in [2.24, 2.45) is 0 Å². The lowest BCUT2D eigenvalue weighted by Gasteiger charge is -2.18. The molecule has 0 heterocycles. The van der Waals surface area contributed by atoms with Crippen LogP contribution < -0.4 is 0 Å². The molecule has 0 rings (SSSR count). The van der Waals surface area contributed by atoms with Gasteiger partial charge in [-0.3, -0.25) is 9.05 Å². The van der Waals surface area contributed by atoms with Crippen molar-refractivity contribution in [3.63, 3.8) is 0 Å². The Balaban J connectivity index is 4.15. The standard InChI is InChI=1S/C6H14ClO3PS/c1-5(2)9-11(8,12-7)10-6(3)4/h5-6H,1-4H3. The van der Waals surface area contributed by atoms with Gasteiger partial charge in [0, 0.05) is 0 Å². The van der Waals surface area contributed by atoms with Crippen LogP contribution in [0, 0.1) is 0 Å². The Kier molecular flexibility index (Phi) is 5.87. The molecule has 0 fully saturated rings. The molecule has 74 valence electrons. The van der Waals surface area contributed by atoms with E-state index < -0.39 is 6.80 Å². The largest absolute Gasteiger partial charge is 0.404 e. The molecule has 0 aromatic heterocycles. The average molecular weight is 233 g/mol. The predicted octanol–water partition coefficient (Wildman–Crippen LogP) is 3.83. The third-order valence-electron chi connectivity index (χ3n) is 0.764. The molecule has 0 amide bonds. The summed E-state index contributed by atoms with van der Waals surface area (Å²) in [5.41, 5.74) is 0. The summed E-state index contributed by atoms with van der Waals surface area (Å²) in [6.07, 6.45) is -0.304. The lowest BCUT2D eigenvalue weighted by molar-refractivity contribution is 0.156. The molecular formula is C6H14ClO3PS. The van der Waals surface area contributed by atoms with E-state index in [9.17, 15) is 4.57 Å². The normalized spacial score (nSPS) is 12.9. The first-order valence-electron chi connectivity index (χ1n) is 3.67. The van der Waals surface area contributed by atoms with Gasteiger partial charge in [0.25, 0.3) is 0 Å². The monoisotopic (exact) mass is 232 g/mol. The molecule has 0 bridgehead atoms. The van der Waals surface area contributed by atoms with Gasteiger partial charge in [0.15, 0.2) is 0 Å². The zero-order chi connectivity index (χ0) is 9.78. The highest BCUT2D eigenvalue weighted by atomic mass is 35.7. The highest BCUT2D eigenvalue weighted by molar-refractivity contribution is 8.66. The summed E-state index contributed by atoms with van der Waals surface area (Å²) in [4.78, 5) is 0. The van der Waals surface area contributed by atoms with Crippen molar-refractivity contribution in [1.82, 2.24) is 0 Å². The molecule has 6 heteroatoms. The molecule has 0 aromatic rings. The van der Waals surface area contributed by atoms with Gasteiger partial charge in [0.05, 0.1) is 22.8 Å². The molecule has 0 aliphatic rings. The minimum absolute atomic E-state index is 0.152. The smallest absolute Gasteiger partial charge is 0.297 e. The summed E-state index contributed by atoms with van der Waals surface area (Å²) in [6.45, 7) is 3.99. The highest BCUT2D eigenvalue weighted by Crippen LogP contribution is 2.63. The van der Waals surface area contributed by atoms with Crippen molar-refractivity contribution >= 4 is 28.1 Å². The minimum Gasteiger partial charge on any atom is -0.297 e. The van der Waals surface area contributed by atoms with Crippen LogP contribution in [-0.4, -0.2) is 12.2 Å². The number of halogens is 1. The maximum atomic E-state index is 11.6. The van der Waals surface area contributed by atoms with E-state index in [4.69, 9.17) is 19.7 Å². The quantitative estimate of drug-likeness (QED) is 0.675. The summed E-state index contributed by atoms with van der Waals surface area (Å²) in [5, 5.41) is 0. The van der Waals surface area contributed by atoms with Crippen molar-refractivity contribution < 1.29 is 13.6 Å². The molecule has 0 spiro atoms. The van der Waals surface area contributed by atoms with Crippen molar-refractivity contribution in [3.05, 3.63) is 0 Å². The molecule has 12 heavy (non-hydrogen) atoms. The Morgan fingerprint density at radius 3 is 1.67 bits per heavy atom. The van der Waals surface area contributed by atoms with Crippen LogP contribution in [0.2, 0.25) is 0 Å². The second-order valence-corrected chi connectivity index (χ2v) is 7.28. The van der Waals surface area contributed by atoms with Crippen LogP contribution in [0.3, 0.4) is 0 Å². The molecule has 0 atom stereocenters. The first-order valence-corrected chi connectivity index (χ1v) is 7.46. The van der Waals surface area contributed by atoms with Gasteiger partial charge >= 0.3 is 6.80 Å². The van der Waals surface area contributed by atoms with E-state index in [2.05, 4.69) is 0 Å². The second-order valence-electron chi connectivity index (χ2n) is 2.82. The molecule has 0 saturated carbocycles. The van der Waals surface area contributed by atoms with Gasteiger partial charge in [-0.1, -0.05) is 0 Å². The van der Waals surface area contributed by atoms with E-state index in [-0.39, 0.29) is 12.2 Å². The van der Waals surface area contributed by atoms with Gasteiger partial charge in [-0.25, -0.2) is 4.57 Å². The number of hydrogen-bond donors (Lipinski definition) is 0. The molecule has 0 aliphatic heterocycles. The Labute approximate surface area is 81.9 Å². The first-order chi connectivity index (χ1) is 5.39. The maximum absolute atomic E-state index is 11.6. The van der Waals surface area contributed by atoms with Crippen LogP contribution in [0.25, 0.3) is 0 Å². The van der Waals surface area contributed by atoms with Crippen molar-refractivity contribution in [2.45, 2.75) is 39.9 Å². The molecule has 0 radical (unpaired) electrons. The molecular weight excluding hydrogens is 219 g/mol. The third kappa shape index (κ3) is 5.44. The van der Waals surface area contributed by atoms with Crippen molar-refractivity contribution in [1.29, 1.82) is 0 Å². The molecule has 0 aliphatic carbocycles. The SMILES string of the molecule is CC(C)OP(=O)(OC(C)C)SCl. The van der Waals surface area contributed by atoms with E-state index in [1.165, 1.54) is 0 Å². The van der Waals surface area contributed by atoms with Crippen LogP contribution in [0.4, 0.5) is 0 Å². The lowest BCUT2D eigenvalue weighted by Crippen LogP contribution is -2.05. The highest BCUT2D eigenvalue weighted by Gasteiger charge is 2.27. The van der Waals surface area contributed by atoms with Crippen LogP contribution in [0.15, 0.2) is 0 Å². The van der Waals surface area contributed by atoms with Gasteiger partial charge in [-0.15, -0.1) is 0 Å². The van der Waals surface area contributed by atoms with Gasteiger partial charge in [0.1, 0.15) is 0 Å². The Hall–Kier alpha value is 0.790. The van der Waals surface area contributed by atoms with E-state index >= 15 is 0 Å². The van der Waals surface area contributed by atoms with Crippen molar-refractivity contribution in [3.8, 4) is 0 Å². The average Bonchev–Trinajstić information content (AvgIpc) is 1.83. The van der Waals surface area contributed by atoms with Gasteiger partial charge in [-0.05, 0) is 38.4 Å². The zero-order valence-corrected chi connectivity index (χ0v) is 10.1. The first kappa shape index (κ1) is 12.8. The summed E-state index contributed by atoms with van der Waals surface area (Å²) in [5.74, 6) is 0. The van der Waals surface area contributed by atoms with Crippen molar-refractivity contribution in [2.75, 3.05) is 0 Å². The molecule has 0 N–H and O–H groups in total. The molecule has 3 nitrogen and oxygen atoms in total. The van der Waals surface area contributed by atoms with E-state index in [0.717, 1.165) is 0 Å². The molecule has 0 aromatic carbocycles. The number of rotatable bonds is 5. The predicted molar refractivity (Wildman–Crippen MR) is 53.5 cm³/mol. The molecule has 0 saturated heterocycles. The summed E-state index contributed by atoms with van der Waals surface area (Å²) >= 11 is 0. The summed E-state index contributed by atoms with van der Waals surface area (Å²) in [6, 6.07) is 0.